The average Bonchev–Trinajstić information content (AvgIpc) is 3.14. The topological polar surface area (TPSA) is 108 Å². The van der Waals surface area contributed by atoms with Crippen molar-refractivity contribution >= 4 is 34.1 Å². The molecule has 0 saturated carbocycles. The first-order valence-electron chi connectivity index (χ1n) is 9.18. The summed E-state index contributed by atoms with van der Waals surface area (Å²) in [6.45, 7) is 4.19. The lowest BCUT2D eigenvalue weighted by Gasteiger charge is -2.10. The summed E-state index contributed by atoms with van der Waals surface area (Å²) in [6, 6.07) is 12.1. The van der Waals surface area contributed by atoms with Gasteiger partial charge in [-0.25, -0.2) is 4.52 Å². The molecule has 0 aliphatic carbocycles. The van der Waals surface area contributed by atoms with Crippen LogP contribution in [0.4, 0.5) is 5.69 Å². The predicted octanol–water partition coefficient (Wildman–Crippen LogP) is 2.49. The van der Waals surface area contributed by atoms with E-state index in [1.165, 1.54) is 10.7 Å². The molecule has 29 heavy (non-hydrogen) atoms. The first kappa shape index (κ1) is 18.4. The molecule has 0 fully saturated rings. The number of hydrogen-bond acceptors (Lipinski definition) is 4. The molecule has 0 aliphatic heterocycles. The quantitative estimate of drug-likeness (QED) is 0.498. The number of H-pyrrole nitrogens is 1. The van der Waals surface area contributed by atoms with Crippen LogP contribution in [-0.2, 0) is 0 Å². The van der Waals surface area contributed by atoms with E-state index in [-0.39, 0.29) is 17.0 Å². The molecule has 8 heteroatoms. The van der Waals surface area contributed by atoms with Gasteiger partial charge in [0, 0.05) is 17.8 Å². The van der Waals surface area contributed by atoms with Gasteiger partial charge in [0.25, 0.3) is 17.4 Å². The number of nitrogens with one attached hydrogen (secondary N) is 3. The van der Waals surface area contributed by atoms with Gasteiger partial charge in [0.05, 0.1) is 17.1 Å². The Morgan fingerprint density at radius 1 is 1.14 bits per heavy atom. The third-order valence-electron chi connectivity index (χ3n) is 4.71. The Labute approximate surface area is 165 Å². The van der Waals surface area contributed by atoms with E-state index in [1.807, 2.05) is 13.8 Å². The third kappa shape index (κ3) is 3.25. The van der Waals surface area contributed by atoms with Gasteiger partial charge in [-0.1, -0.05) is 18.2 Å². The van der Waals surface area contributed by atoms with E-state index < -0.39 is 5.91 Å². The molecule has 0 radical (unpaired) electrons. The number of amides is 2. The summed E-state index contributed by atoms with van der Waals surface area (Å²) in [7, 11) is 0. The second-order valence-electron chi connectivity index (χ2n) is 6.63. The van der Waals surface area contributed by atoms with Gasteiger partial charge in [-0.15, -0.1) is 0 Å². The number of benzene rings is 2. The number of fused-ring (bicyclic) bond motifs is 3. The molecule has 8 nitrogen and oxygen atoms in total. The van der Waals surface area contributed by atoms with Crippen molar-refractivity contribution in [1.29, 1.82) is 0 Å². The molecule has 0 atom stereocenters. The molecule has 3 N–H and O–H groups in total. The highest BCUT2D eigenvalue weighted by atomic mass is 16.2. The lowest BCUT2D eigenvalue weighted by atomic mass is 10.1. The molecule has 2 heterocycles. The molecule has 2 aromatic carbocycles. The molecular formula is C21H19N5O3. The smallest absolute Gasteiger partial charge is 0.261 e. The summed E-state index contributed by atoms with van der Waals surface area (Å²) in [5, 5.41) is 10.3. The van der Waals surface area contributed by atoms with Crippen molar-refractivity contribution in [3.05, 3.63) is 75.7 Å². The lowest BCUT2D eigenvalue weighted by Crippen LogP contribution is -2.23. The zero-order valence-electron chi connectivity index (χ0n) is 15.9. The molecule has 0 spiro atoms. The van der Waals surface area contributed by atoms with Gasteiger partial charge in [0.2, 0.25) is 0 Å². The lowest BCUT2D eigenvalue weighted by molar-refractivity contribution is 0.0954. The number of rotatable bonds is 4. The third-order valence-corrected chi connectivity index (χ3v) is 4.71. The maximum absolute atomic E-state index is 12.9. The highest BCUT2D eigenvalue weighted by molar-refractivity contribution is 6.09. The monoisotopic (exact) mass is 389 g/mol. The second kappa shape index (κ2) is 7.23. The highest BCUT2D eigenvalue weighted by Crippen LogP contribution is 2.20. The van der Waals surface area contributed by atoms with Gasteiger partial charge in [-0.3, -0.25) is 14.4 Å². The van der Waals surface area contributed by atoms with Crippen molar-refractivity contribution in [2.24, 2.45) is 0 Å². The van der Waals surface area contributed by atoms with Gasteiger partial charge in [0.15, 0.2) is 0 Å². The van der Waals surface area contributed by atoms with Crippen LogP contribution in [0.2, 0.25) is 0 Å². The molecule has 0 bridgehead atoms. The minimum atomic E-state index is -0.429. The molecule has 4 rings (SSSR count). The number of carbonyl (C=O) groups excluding carboxylic acids is 2. The van der Waals surface area contributed by atoms with Crippen LogP contribution in [0.1, 0.15) is 33.2 Å². The minimum Gasteiger partial charge on any atom is -0.352 e. The van der Waals surface area contributed by atoms with Crippen LogP contribution in [0.3, 0.4) is 0 Å². The van der Waals surface area contributed by atoms with E-state index in [9.17, 15) is 14.4 Å². The van der Waals surface area contributed by atoms with Crippen molar-refractivity contribution < 1.29 is 9.59 Å². The average molecular weight is 389 g/mol. The van der Waals surface area contributed by atoms with Crippen molar-refractivity contribution in [2.75, 3.05) is 11.9 Å². The first-order valence-corrected chi connectivity index (χ1v) is 9.18. The summed E-state index contributed by atoms with van der Waals surface area (Å²) in [5.74, 6) is -0.642. The maximum atomic E-state index is 12.9. The number of carbonyl (C=O) groups is 2. The van der Waals surface area contributed by atoms with Crippen LogP contribution in [-0.4, -0.2) is 33.0 Å². The number of aryl methyl sites for hydroxylation is 1. The number of para-hydroxylation sites is 1. The molecular weight excluding hydrogens is 370 g/mol. The summed E-state index contributed by atoms with van der Waals surface area (Å²) in [6.07, 6.45) is 1.41. The van der Waals surface area contributed by atoms with E-state index in [0.29, 0.717) is 34.3 Å². The number of anilines is 1. The Morgan fingerprint density at radius 2 is 1.93 bits per heavy atom. The zero-order chi connectivity index (χ0) is 20.5. The second-order valence-corrected chi connectivity index (χ2v) is 6.63. The van der Waals surface area contributed by atoms with Gasteiger partial charge in [0.1, 0.15) is 11.2 Å². The fourth-order valence-corrected chi connectivity index (χ4v) is 3.19. The molecule has 0 aliphatic rings. The van der Waals surface area contributed by atoms with Gasteiger partial charge in [-0.05, 0) is 43.7 Å². The number of aromatic nitrogens is 3. The van der Waals surface area contributed by atoms with Crippen molar-refractivity contribution in [1.82, 2.24) is 19.9 Å². The Morgan fingerprint density at radius 3 is 2.72 bits per heavy atom. The van der Waals surface area contributed by atoms with E-state index in [2.05, 4.69) is 20.7 Å². The van der Waals surface area contributed by atoms with Crippen LogP contribution >= 0.6 is 0 Å². The molecule has 2 amide bonds. The fourth-order valence-electron chi connectivity index (χ4n) is 3.19. The van der Waals surface area contributed by atoms with Gasteiger partial charge < -0.3 is 15.6 Å². The SMILES string of the molecule is CCNC(=O)c1ccc(C)c(NC(=O)c2cnn3c2[nH]c(=O)c2ccccc23)c1. The first-order chi connectivity index (χ1) is 14.0. The zero-order valence-corrected chi connectivity index (χ0v) is 15.9. The Balaban J connectivity index is 1.73. The van der Waals surface area contributed by atoms with Crippen LogP contribution in [0.25, 0.3) is 16.6 Å². The van der Waals surface area contributed by atoms with E-state index in [0.717, 1.165) is 5.56 Å². The van der Waals surface area contributed by atoms with Gasteiger partial charge in [-0.2, -0.15) is 5.10 Å². The van der Waals surface area contributed by atoms with Crippen LogP contribution in [0, 0.1) is 6.92 Å². The maximum Gasteiger partial charge on any atom is 0.261 e. The van der Waals surface area contributed by atoms with Crippen LogP contribution < -0.4 is 16.2 Å². The Hall–Kier alpha value is -3.94. The molecule has 2 aromatic heterocycles. The van der Waals surface area contributed by atoms with E-state index in [4.69, 9.17) is 0 Å². The highest BCUT2D eigenvalue weighted by Gasteiger charge is 2.17. The molecule has 0 saturated heterocycles. The van der Waals surface area contributed by atoms with Gasteiger partial charge >= 0.3 is 0 Å². The molecule has 146 valence electrons. The summed E-state index contributed by atoms with van der Waals surface area (Å²) < 4.78 is 1.53. The predicted molar refractivity (Wildman–Crippen MR) is 110 cm³/mol. The minimum absolute atomic E-state index is 0.213. The van der Waals surface area contributed by atoms with Crippen LogP contribution in [0.5, 0.6) is 0 Å². The summed E-state index contributed by atoms with van der Waals surface area (Å²) in [4.78, 5) is 40.1. The van der Waals surface area contributed by atoms with Crippen LogP contribution in [0.15, 0.2) is 53.5 Å². The number of aromatic amines is 1. The van der Waals surface area contributed by atoms with E-state index >= 15 is 0 Å². The Bertz CT molecular complexity index is 1320. The Kier molecular flexibility index (Phi) is 4.59. The van der Waals surface area contributed by atoms with Crippen molar-refractivity contribution in [3.63, 3.8) is 0 Å². The fraction of sp³-hybridized carbons (Fsp3) is 0.143. The molecule has 4 aromatic rings. The number of hydrogen-bond donors (Lipinski definition) is 3. The normalized spacial score (nSPS) is 11.0. The van der Waals surface area contributed by atoms with Crippen molar-refractivity contribution in [2.45, 2.75) is 13.8 Å². The van der Waals surface area contributed by atoms with Crippen molar-refractivity contribution in [3.8, 4) is 0 Å². The summed E-state index contributed by atoms with van der Waals surface area (Å²) in [5.41, 5.74) is 2.63. The van der Waals surface area contributed by atoms with E-state index in [1.54, 1.807) is 42.5 Å². The molecule has 0 unspecified atom stereocenters. The standard InChI is InChI=1S/C21H19N5O3/c1-3-22-19(27)13-9-8-12(2)16(10-13)24-21(29)15-11-23-26-17-7-5-4-6-14(17)20(28)25-18(15)26/h4-11H,3H2,1-2H3,(H,22,27)(H,24,29)(H,25,28). The largest absolute Gasteiger partial charge is 0.352 e. The number of nitrogens with zero attached hydrogens (tertiary/aromatic N) is 2. The summed E-state index contributed by atoms with van der Waals surface area (Å²) >= 11 is 0.